The average molecular weight is 310 g/mol. The molecule has 0 aliphatic carbocycles. The number of hydrogen-bond acceptors (Lipinski definition) is 5. The molecular formula is C13H14N2O3S2. The van der Waals surface area contributed by atoms with Crippen molar-refractivity contribution in [2.24, 2.45) is 11.7 Å². The van der Waals surface area contributed by atoms with Crippen molar-refractivity contribution < 1.29 is 14.7 Å². The number of nitrogens with zero attached hydrogens (tertiary/aromatic N) is 1. The maximum absolute atomic E-state index is 11.7. The number of primary amides is 1. The zero-order chi connectivity index (χ0) is 14.9. The van der Waals surface area contributed by atoms with Gasteiger partial charge in [-0.05, 0) is 19.1 Å². The SMILES string of the molecule is CC(C(=O)O)C(C)(Sc1nc2ccccc2s1)C(N)=O. The Labute approximate surface area is 124 Å². The summed E-state index contributed by atoms with van der Waals surface area (Å²) in [6.45, 7) is 3.03. The van der Waals surface area contributed by atoms with Gasteiger partial charge < -0.3 is 10.8 Å². The Balaban J connectivity index is 2.37. The molecule has 3 N–H and O–H groups in total. The quantitative estimate of drug-likeness (QED) is 0.827. The lowest BCUT2D eigenvalue weighted by atomic mass is 9.94. The van der Waals surface area contributed by atoms with Crippen molar-refractivity contribution in [1.82, 2.24) is 4.98 Å². The highest BCUT2D eigenvalue weighted by Gasteiger charge is 2.43. The number of fused-ring (bicyclic) bond motifs is 1. The molecule has 0 aliphatic heterocycles. The molecule has 1 heterocycles. The van der Waals surface area contributed by atoms with Crippen LogP contribution < -0.4 is 5.73 Å². The summed E-state index contributed by atoms with van der Waals surface area (Å²) in [4.78, 5) is 27.3. The van der Waals surface area contributed by atoms with Crippen molar-refractivity contribution in [3.63, 3.8) is 0 Å². The summed E-state index contributed by atoms with van der Waals surface area (Å²) in [7, 11) is 0. The molecule has 20 heavy (non-hydrogen) atoms. The minimum absolute atomic E-state index is 0.639. The Morgan fingerprint density at radius 3 is 2.65 bits per heavy atom. The van der Waals surface area contributed by atoms with E-state index in [1.807, 2.05) is 24.3 Å². The zero-order valence-electron chi connectivity index (χ0n) is 11.0. The first-order chi connectivity index (χ1) is 9.34. The molecule has 2 unspecified atom stereocenters. The van der Waals surface area contributed by atoms with Crippen LogP contribution in [0.25, 0.3) is 10.2 Å². The molecule has 0 saturated carbocycles. The smallest absolute Gasteiger partial charge is 0.308 e. The fourth-order valence-corrected chi connectivity index (χ4v) is 4.20. The van der Waals surface area contributed by atoms with E-state index in [-0.39, 0.29) is 0 Å². The van der Waals surface area contributed by atoms with Crippen LogP contribution in [-0.4, -0.2) is 26.7 Å². The normalized spacial score (nSPS) is 15.7. The van der Waals surface area contributed by atoms with E-state index in [0.29, 0.717) is 4.34 Å². The lowest BCUT2D eigenvalue weighted by Crippen LogP contribution is -2.46. The van der Waals surface area contributed by atoms with Crippen LogP contribution in [0.15, 0.2) is 28.6 Å². The highest BCUT2D eigenvalue weighted by molar-refractivity contribution is 8.03. The Morgan fingerprint density at radius 1 is 1.45 bits per heavy atom. The standard InChI is InChI=1S/C13H14N2O3S2/c1-7(10(16)17)13(2,11(14)18)20-12-15-8-5-3-4-6-9(8)19-12/h3-7H,1-2H3,(H2,14,18)(H,16,17). The number of hydrogen-bond donors (Lipinski definition) is 2. The van der Waals surface area contributed by atoms with E-state index < -0.39 is 22.5 Å². The number of rotatable bonds is 5. The van der Waals surface area contributed by atoms with Gasteiger partial charge in [0.1, 0.15) is 4.75 Å². The second kappa shape index (κ2) is 5.41. The molecule has 0 bridgehead atoms. The van der Waals surface area contributed by atoms with Crippen LogP contribution >= 0.6 is 23.1 Å². The molecule has 1 amide bonds. The molecule has 0 saturated heterocycles. The molecule has 106 valence electrons. The monoisotopic (exact) mass is 310 g/mol. The number of carboxylic acids is 1. The van der Waals surface area contributed by atoms with Crippen LogP contribution in [0.1, 0.15) is 13.8 Å². The van der Waals surface area contributed by atoms with Gasteiger partial charge in [-0.25, -0.2) is 4.98 Å². The third-order valence-corrected chi connectivity index (χ3v) is 5.84. The van der Waals surface area contributed by atoms with Crippen molar-refractivity contribution in [3.05, 3.63) is 24.3 Å². The van der Waals surface area contributed by atoms with Crippen molar-refractivity contribution in [2.45, 2.75) is 22.9 Å². The number of carboxylic acid groups (broad SMARTS) is 1. The zero-order valence-corrected chi connectivity index (χ0v) is 12.6. The fraction of sp³-hybridized carbons (Fsp3) is 0.308. The van der Waals surface area contributed by atoms with Gasteiger partial charge in [0.05, 0.1) is 16.1 Å². The van der Waals surface area contributed by atoms with Gasteiger partial charge in [-0.2, -0.15) is 0 Å². The Morgan fingerprint density at radius 2 is 2.10 bits per heavy atom. The summed E-state index contributed by atoms with van der Waals surface area (Å²) in [6, 6.07) is 7.59. The predicted octanol–water partition coefficient (Wildman–Crippen LogP) is 2.35. The minimum Gasteiger partial charge on any atom is -0.481 e. The van der Waals surface area contributed by atoms with Gasteiger partial charge in [0.15, 0.2) is 4.34 Å². The van der Waals surface area contributed by atoms with Crippen molar-refractivity contribution in [2.75, 3.05) is 0 Å². The number of thioether (sulfide) groups is 1. The molecule has 5 nitrogen and oxygen atoms in total. The van der Waals surface area contributed by atoms with E-state index in [4.69, 9.17) is 10.8 Å². The molecule has 7 heteroatoms. The van der Waals surface area contributed by atoms with Gasteiger partial charge in [0.2, 0.25) is 5.91 Å². The van der Waals surface area contributed by atoms with Crippen molar-refractivity contribution in [3.8, 4) is 0 Å². The number of carbonyl (C=O) groups excluding carboxylic acids is 1. The molecular weight excluding hydrogens is 296 g/mol. The molecule has 0 aliphatic rings. The second-order valence-electron chi connectivity index (χ2n) is 4.58. The second-order valence-corrected chi connectivity index (χ2v) is 7.31. The highest BCUT2D eigenvalue weighted by atomic mass is 32.2. The summed E-state index contributed by atoms with van der Waals surface area (Å²) in [5.41, 5.74) is 6.23. The number of nitrogens with two attached hydrogens (primary N) is 1. The van der Waals surface area contributed by atoms with E-state index in [0.717, 1.165) is 22.0 Å². The highest BCUT2D eigenvalue weighted by Crippen LogP contribution is 2.41. The van der Waals surface area contributed by atoms with Crippen LogP contribution in [0.5, 0.6) is 0 Å². The molecule has 0 radical (unpaired) electrons. The molecule has 2 rings (SSSR count). The van der Waals surface area contributed by atoms with E-state index in [1.165, 1.54) is 18.3 Å². The Kier molecular flexibility index (Phi) is 4.01. The number of amides is 1. The molecule has 2 aromatic rings. The van der Waals surface area contributed by atoms with Crippen molar-refractivity contribution in [1.29, 1.82) is 0 Å². The van der Waals surface area contributed by atoms with Crippen molar-refractivity contribution >= 4 is 45.2 Å². The summed E-state index contributed by atoms with van der Waals surface area (Å²) in [5, 5.41) is 9.15. The number of aliphatic carboxylic acids is 1. The fourth-order valence-electron chi connectivity index (χ4n) is 1.66. The number of aromatic nitrogens is 1. The lowest BCUT2D eigenvalue weighted by molar-refractivity contribution is -0.144. The van der Waals surface area contributed by atoms with Gasteiger partial charge in [0, 0.05) is 0 Å². The summed E-state index contributed by atoms with van der Waals surface area (Å²) >= 11 is 2.54. The largest absolute Gasteiger partial charge is 0.481 e. The first kappa shape index (κ1) is 14.8. The van der Waals surface area contributed by atoms with Crippen LogP contribution in [0.2, 0.25) is 0 Å². The predicted molar refractivity (Wildman–Crippen MR) is 79.9 cm³/mol. The third-order valence-electron chi connectivity index (χ3n) is 3.26. The average Bonchev–Trinajstić information content (AvgIpc) is 2.79. The first-order valence-corrected chi connectivity index (χ1v) is 7.55. The molecule has 2 atom stereocenters. The minimum atomic E-state index is -1.24. The van der Waals surface area contributed by atoms with E-state index in [9.17, 15) is 9.59 Å². The Hall–Kier alpha value is -1.60. The van der Waals surface area contributed by atoms with Crippen LogP contribution in [0, 0.1) is 5.92 Å². The van der Waals surface area contributed by atoms with Gasteiger partial charge in [-0.15, -0.1) is 11.3 Å². The third kappa shape index (κ3) is 2.64. The van der Waals surface area contributed by atoms with E-state index >= 15 is 0 Å². The lowest BCUT2D eigenvalue weighted by Gasteiger charge is -2.27. The van der Waals surface area contributed by atoms with E-state index in [2.05, 4.69) is 4.98 Å². The molecule has 0 spiro atoms. The van der Waals surface area contributed by atoms with Gasteiger partial charge in [0.25, 0.3) is 0 Å². The number of benzene rings is 1. The Bertz CT molecular complexity index is 637. The molecule has 1 aromatic carbocycles. The maximum Gasteiger partial charge on any atom is 0.308 e. The van der Waals surface area contributed by atoms with Crippen LogP contribution in [0.4, 0.5) is 0 Å². The number of carbonyl (C=O) groups is 2. The van der Waals surface area contributed by atoms with E-state index in [1.54, 1.807) is 6.92 Å². The van der Waals surface area contributed by atoms with Gasteiger partial charge in [-0.3, -0.25) is 9.59 Å². The summed E-state index contributed by atoms with van der Waals surface area (Å²) in [5.74, 6) is -2.62. The molecule has 1 aromatic heterocycles. The van der Waals surface area contributed by atoms with Gasteiger partial charge in [-0.1, -0.05) is 30.8 Å². The first-order valence-electron chi connectivity index (χ1n) is 5.92. The summed E-state index contributed by atoms with van der Waals surface area (Å²) < 4.78 is 0.394. The molecule has 0 fully saturated rings. The topological polar surface area (TPSA) is 93.3 Å². The summed E-state index contributed by atoms with van der Waals surface area (Å²) in [6.07, 6.45) is 0. The van der Waals surface area contributed by atoms with Crippen LogP contribution in [0.3, 0.4) is 0 Å². The van der Waals surface area contributed by atoms with Gasteiger partial charge >= 0.3 is 5.97 Å². The van der Waals surface area contributed by atoms with Crippen LogP contribution in [-0.2, 0) is 9.59 Å². The maximum atomic E-state index is 11.7. The number of thiazole rings is 1. The number of para-hydroxylation sites is 1.